The zero-order valence-electron chi connectivity index (χ0n) is 16.8. The lowest BCUT2D eigenvalue weighted by molar-refractivity contribution is -0.147. The molecule has 1 spiro atoms. The molecule has 6 nitrogen and oxygen atoms in total. The van der Waals surface area contributed by atoms with Gasteiger partial charge < -0.3 is 5.32 Å². The van der Waals surface area contributed by atoms with Crippen molar-refractivity contribution in [3.8, 4) is 0 Å². The number of halogens is 1. The molecule has 2 saturated heterocycles. The van der Waals surface area contributed by atoms with Crippen LogP contribution in [-0.4, -0.2) is 34.2 Å². The van der Waals surface area contributed by atoms with E-state index in [9.17, 15) is 18.8 Å². The van der Waals surface area contributed by atoms with Crippen LogP contribution in [0.4, 0.5) is 10.1 Å². The normalized spacial score (nSPS) is 31.8. The molecule has 0 aromatic heterocycles. The van der Waals surface area contributed by atoms with Gasteiger partial charge in [-0.15, -0.1) is 0 Å². The van der Waals surface area contributed by atoms with Crippen molar-refractivity contribution >= 4 is 23.4 Å². The van der Waals surface area contributed by atoms with Gasteiger partial charge in [-0.25, -0.2) is 4.39 Å². The average Bonchev–Trinajstić information content (AvgIpc) is 3.12. The van der Waals surface area contributed by atoms with E-state index in [1.165, 1.54) is 23.1 Å². The second-order valence-corrected chi connectivity index (χ2v) is 9.52. The molecule has 4 rings (SSSR count). The van der Waals surface area contributed by atoms with Crippen LogP contribution in [0, 0.1) is 23.6 Å². The van der Waals surface area contributed by atoms with Crippen molar-refractivity contribution in [1.82, 2.24) is 10.2 Å². The topological polar surface area (TPSA) is 78.5 Å². The van der Waals surface area contributed by atoms with Crippen molar-refractivity contribution < 1.29 is 18.8 Å². The van der Waals surface area contributed by atoms with E-state index in [0.29, 0.717) is 17.7 Å². The second kappa shape index (κ2) is 5.86. The number of nitrogens with zero attached hydrogens (tertiary/aromatic N) is 1. The summed E-state index contributed by atoms with van der Waals surface area (Å²) in [6, 6.07) is 3.74. The van der Waals surface area contributed by atoms with Crippen LogP contribution < -0.4 is 10.6 Å². The summed E-state index contributed by atoms with van der Waals surface area (Å²) in [6.45, 7) is 9.50. The molecule has 3 aliphatic heterocycles. The maximum atomic E-state index is 14.1. The highest BCUT2D eigenvalue weighted by atomic mass is 19.1. The molecule has 1 aromatic carbocycles. The SMILES string of the molecule is CC(C)C[C@@H]1N[C@]2(C(=O)Nc3ccc(F)cc32)[C@@H]2C(=O)N(C(C)(C)C)C(=O)[C@H]12. The van der Waals surface area contributed by atoms with Gasteiger partial charge >= 0.3 is 0 Å². The Labute approximate surface area is 163 Å². The van der Waals surface area contributed by atoms with E-state index in [0.717, 1.165) is 0 Å². The highest BCUT2D eigenvalue weighted by Crippen LogP contribution is 2.54. The van der Waals surface area contributed by atoms with Gasteiger partial charge in [-0.3, -0.25) is 24.6 Å². The van der Waals surface area contributed by atoms with Crippen LogP contribution in [0.3, 0.4) is 0 Å². The lowest BCUT2D eigenvalue weighted by Crippen LogP contribution is -2.55. The van der Waals surface area contributed by atoms with Crippen molar-refractivity contribution in [3.05, 3.63) is 29.6 Å². The summed E-state index contributed by atoms with van der Waals surface area (Å²) in [7, 11) is 0. The predicted molar refractivity (Wildman–Crippen MR) is 102 cm³/mol. The smallest absolute Gasteiger partial charge is 0.250 e. The number of imide groups is 1. The average molecular weight is 387 g/mol. The van der Waals surface area contributed by atoms with Gasteiger partial charge in [0, 0.05) is 22.8 Å². The molecule has 150 valence electrons. The summed E-state index contributed by atoms with van der Waals surface area (Å²) in [5.41, 5.74) is -1.22. The van der Waals surface area contributed by atoms with Crippen molar-refractivity contribution in [2.24, 2.45) is 17.8 Å². The number of rotatable bonds is 2. The Kier molecular flexibility index (Phi) is 3.99. The number of nitrogens with one attached hydrogen (secondary N) is 2. The van der Waals surface area contributed by atoms with E-state index in [2.05, 4.69) is 10.6 Å². The number of hydrogen-bond donors (Lipinski definition) is 2. The van der Waals surface area contributed by atoms with Gasteiger partial charge in [0.05, 0.1) is 11.8 Å². The summed E-state index contributed by atoms with van der Waals surface area (Å²) < 4.78 is 14.1. The van der Waals surface area contributed by atoms with Gasteiger partial charge in [0.1, 0.15) is 11.4 Å². The van der Waals surface area contributed by atoms with Crippen LogP contribution >= 0.6 is 0 Å². The molecular formula is C21H26FN3O3. The van der Waals surface area contributed by atoms with E-state index in [-0.39, 0.29) is 23.8 Å². The van der Waals surface area contributed by atoms with Crippen molar-refractivity contribution in [2.75, 3.05) is 5.32 Å². The minimum absolute atomic E-state index is 0.254. The van der Waals surface area contributed by atoms with Crippen LogP contribution in [0.5, 0.6) is 0 Å². The van der Waals surface area contributed by atoms with E-state index in [1.54, 1.807) is 0 Å². The number of benzene rings is 1. The van der Waals surface area contributed by atoms with Gasteiger partial charge in [-0.2, -0.15) is 0 Å². The van der Waals surface area contributed by atoms with Gasteiger partial charge in [-0.05, 0) is 51.3 Å². The van der Waals surface area contributed by atoms with Gasteiger partial charge in [0.25, 0.3) is 0 Å². The summed E-state index contributed by atoms with van der Waals surface area (Å²) in [6.07, 6.45) is 0.637. The number of hydrogen-bond acceptors (Lipinski definition) is 4. The molecule has 2 fully saturated rings. The third kappa shape index (κ3) is 2.38. The number of carbonyl (C=O) groups is 3. The first kappa shape index (κ1) is 19.1. The summed E-state index contributed by atoms with van der Waals surface area (Å²) in [5, 5.41) is 6.10. The third-order valence-corrected chi connectivity index (χ3v) is 6.07. The van der Waals surface area contributed by atoms with Crippen LogP contribution in [-0.2, 0) is 19.9 Å². The van der Waals surface area contributed by atoms with Crippen LogP contribution in [0.1, 0.15) is 46.6 Å². The highest BCUT2D eigenvalue weighted by molar-refractivity contribution is 6.15. The van der Waals surface area contributed by atoms with Crippen LogP contribution in [0.15, 0.2) is 18.2 Å². The summed E-state index contributed by atoms with van der Waals surface area (Å²) in [4.78, 5) is 41.3. The molecule has 0 saturated carbocycles. The maximum Gasteiger partial charge on any atom is 0.250 e. The monoisotopic (exact) mass is 387 g/mol. The Hall–Kier alpha value is -2.28. The molecule has 0 bridgehead atoms. The zero-order valence-corrected chi connectivity index (χ0v) is 16.8. The molecular weight excluding hydrogens is 361 g/mol. The summed E-state index contributed by atoms with van der Waals surface area (Å²) >= 11 is 0. The largest absolute Gasteiger partial charge is 0.324 e. The first-order valence-corrected chi connectivity index (χ1v) is 9.75. The van der Waals surface area contributed by atoms with Crippen molar-refractivity contribution in [1.29, 1.82) is 0 Å². The number of carbonyl (C=O) groups excluding carboxylic acids is 3. The lowest BCUT2D eigenvalue weighted by Gasteiger charge is -2.34. The minimum atomic E-state index is -1.42. The quantitative estimate of drug-likeness (QED) is 0.764. The first-order valence-electron chi connectivity index (χ1n) is 9.75. The number of likely N-dealkylation sites (tertiary alicyclic amines) is 1. The Morgan fingerprint density at radius 1 is 1.18 bits per heavy atom. The molecule has 3 heterocycles. The molecule has 3 amide bonds. The Bertz CT molecular complexity index is 891. The van der Waals surface area contributed by atoms with Gasteiger partial charge in [0.15, 0.2) is 0 Å². The van der Waals surface area contributed by atoms with Crippen molar-refractivity contribution in [3.63, 3.8) is 0 Å². The van der Waals surface area contributed by atoms with E-state index < -0.39 is 34.6 Å². The fourth-order valence-corrected chi connectivity index (χ4v) is 5.15. The lowest BCUT2D eigenvalue weighted by atomic mass is 9.76. The number of amides is 3. The van der Waals surface area contributed by atoms with E-state index in [4.69, 9.17) is 0 Å². The molecule has 0 radical (unpaired) electrons. The van der Waals surface area contributed by atoms with Gasteiger partial charge in [-0.1, -0.05) is 13.8 Å². The molecule has 0 aliphatic carbocycles. The second-order valence-electron chi connectivity index (χ2n) is 9.52. The minimum Gasteiger partial charge on any atom is -0.324 e. The first-order chi connectivity index (χ1) is 13.0. The van der Waals surface area contributed by atoms with Crippen LogP contribution in [0.2, 0.25) is 0 Å². The fourth-order valence-electron chi connectivity index (χ4n) is 5.15. The molecule has 3 aliphatic rings. The predicted octanol–water partition coefficient (Wildman–Crippen LogP) is 2.39. The van der Waals surface area contributed by atoms with E-state index in [1.807, 2.05) is 34.6 Å². The molecule has 4 atom stereocenters. The fraction of sp³-hybridized carbons (Fsp3) is 0.571. The Balaban J connectivity index is 1.91. The van der Waals surface area contributed by atoms with E-state index >= 15 is 0 Å². The Morgan fingerprint density at radius 3 is 2.46 bits per heavy atom. The molecule has 0 unspecified atom stereocenters. The van der Waals surface area contributed by atoms with Gasteiger partial charge in [0.2, 0.25) is 17.7 Å². The Morgan fingerprint density at radius 2 is 1.86 bits per heavy atom. The molecule has 1 aromatic rings. The third-order valence-electron chi connectivity index (χ3n) is 6.07. The molecule has 7 heteroatoms. The molecule has 28 heavy (non-hydrogen) atoms. The maximum absolute atomic E-state index is 14.1. The van der Waals surface area contributed by atoms with Crippen molar-refractivity contribution in [2.45, 2.75) is 58.2 Å². The van der Waals surface area contributed by atoms with Crippen LogP contribution in [0.25, 0.3) is 0 Å². The number of anilines is 1. The summed E-state index contributed by atoms with van der Waals surface area (Å²) in [5.74, 6) is -2.77. The molecule has 2 N–H and O–H groups in total. The standard InChI is InChI=1S/C21H26FN3O3/c1-10(2)8-14-15-16(18(27)25(17(15)26)20(3,4)5)21(24-14)12-9-11(22)6-7-13(12)23-19(21)28/h6-7,9-10,14-16,24H,8H2,1-5H3,(H,23,28)/t14-,15+,16-,21-/m0/s1. The zero-order chi connectivity index (χ0) is 20.6. The highest BCUT2D eigenvalue weighted by Gasteiger charge is 2.71. The number of fused-ring (bicyclic) bond motifs is 4.